The molecule has 3 N–H and O–H groups in total. The molecule has 5 rings (SSSR count). The van der Waals surface area contributed by atoms with Crippen LogP contribution in [-0.2, 0) is 9.59 Å². The molecule has 34 heavy (non-hydrogen) atoms. The molecule has 3 heterocycles. The lowest BCUT2D eigenvalue weighted by Crippen LogP contribution is -2.56. The summed E-state index contributed by atoms with van der Waals surface area (Å²) in [6.45, 7) is 0.388. The lowest BCUT2D eigenvalue weighted by molar-refractivity contribution is -0.125. The highest BCUT2D eigenvalue weighted by Crippen LogP contribution is 2.36. The molecular weight excluding hydrogens is 476 g/mol. The third-order valence-electron chi connectivity index (χ3n) is 6.53. The Labute approximate surface area is 206 Å². The molecule has 8 nitrogen and oxygen atoms in total. The molecule has 0 bridgehead atoms. The topological polar surface area (TPSA) is 99.8 Å². The number of benzene rings is 2. The predicted octanol–water partition coefficient (Wildman–Crippen LogP) is 2.72. The minimum atomic E-state index is -0.644. The first-order valence-corrected chi connectivity index (χ1v) is 12.7. The van der Waals surface area contributed by atoms with Crippen LogP contribution in [0.15, 0.2) is 36.4 Å². The molecule has 0 saturated carbocycles. The van der Waals surface area contributed by atoms with Gasteiger partial charge in [-0.1, -0.05) is 17.7 Å². The Morgan fingerprint density at radius 3 is 2.82 bits per heavy atom. The zero-order valence-electron chi connectivity index (χ0n) is 18.6. The van der Waals surface area contributed by atoms with Crippen LogP contribution in [0.25, 0.3) is 11.1 Å². The molecule has 3 unspecified atom stereocenters. The lowest BCUT2D eigenvalue weighted by atomic mass is 9.95. The van der Waals surface area contributed by atoms with Gasteiger partial charge in [0.1, 0.15) is 11.8 Å². The number of thioether (sulfide) groups is 1. The van der Waals surface area contributed by atoms with Crippen LogP contribution in [0.1, 0.15) is 23.2 Å². The Kier molecular flexibility index (Phi) is 6.42. The van der Waals surface area contributed by atoms with Gasteiger partial charge in [0.05, 0.1) is 24.4 Å². The van der Waals surface area contributed by atoms with Crippen molar-refractivity contribution in [2.45, 2.75) is 31.0 Å². The minimum Gasteiger partial charge on any atom is -0.496 e. The van der Waals surface area contributed by atoms with Crippen LogP contribution < -0.4 is 20.7 Å². The molecule has 3 amide bonds. The van der Waals surface area contributed by atoms with Crippen molar-refractivity contribution in [2.75, 3.05) is 30.6 Å². The molecule has 0 aromatic heterocycles. The minimum absolute atomic E-state index is 0.0489. The summed E-state index contributed by atoms with van der Waals surface area (Å²) in [6.07, 6.45) is 0.977. The van der Waals surface area contributed by atoms with Crippen molar-refractivity contribution < 1.29 is 19.1 Å². The molecule has 3 atom stereocenters. The summed E-state index contributed by atoms with van der Waals surface area (Å²) in [5.74, 6) is 1.64. The average Bonchev–Trinajstić information content (AvgIpc) is 3.36. The van der Waals surface area contributed by atoms with Gasteiger partial charge in [-0.25, -0.2) is 0 Å². The molecule has 0 spiro atoms. The highest BCUT2D eigenvalue weighted by molar-refractivity contribution is 7.99. The Morgan fingerprint density at radius 1 is 1.21 bits per heavy atom. The quantitative estimate of drug-likeness (QED) is 0.597. The summed E-state index contributed by atoms with van der Waals surface area (Å²) in [7, 11) is 1.58. The number of carbonyl (C=O) groups is 3. The molecule has 3 aliphatic heterocycles. The highest BCUT2D eigenvalue weighted by atomic mass is 35.5. The van der Waals surface area contributed by atoms with E-state index >= 15 is 0 Å². The fourth-order valence-corrected chi connectivity index (χ4v) is 5.84. The van der Waals surface area contributed by atoms with Gasteiger partial charge in [-0.3, -0.25) is 19.7 Å². The first kappa shape index (κ1) is 23.0. The Morgan fingerprint density at radius 2 is 2.06 bits per heavy atom. The van der Waals surface area contributed by atoms with Gasteiger partial charge >= 0.3 is 0 Å². The smallest absolute Gasteiger partial charge is 0.256 e. The number of nitrogens with one attached hydrogen (secondary N) is 3. The number of rotatable bonds is 4. The molecule has 178 valence electrons. The van der Waals surface area contributed by atoms with Crippen molar-refractivity contribution in [1.29, 1.82) is 0 Å². The number of ether oxygens (including phenoxy) is 1. The Balaban J connectivity index is 1.39. The van der Waals surface area contributed by atoms with Gasteiger partial charge in [-0.2, -0.15) is 0 Å². The van der Waals surface area contributed by atoms with Crippen molar-refractivity contribution in [3.63, 3.8) is 0 Å². The number of methoxy groups -OCH3 is 1. The van der Waals surface area contributed by atoms with E-state index < -0.39 is 6.04 Å². The van der Waals surface area contributed by atoms with E-state index in [0.717, 1.165) is 22.8 Å². The maximum atomic E-state index is 13.5. The van der Waals surface area contributed by atoms with E-state index in [1.165, 1.54) is 0 Å². The second-order valence-corrected chi connectivity index (χ2v) is 10.1. The van der Waals surface area contributed by atoms with Crippen LogP contribution in [0.4, 0.5) is 5.69 Å². The molecule has 2 fully saturated rings. The van der Waals surface area contributed by atoms with E-state index in [0.29, 0.717) is 41.4 Å². The van der Waals surface area contributed by atoms with Crippen LogP contribution >= 0.6 is 23.4 Å². The molecule has 0 aliphatic carbocycles. The second kappa shape index (κ2) is 9.48. The summed E-state index contributed by atoms with van der Waals surface area (Å²) in [5.41, 5.74) is 2.42. The second-order valence-electron chi connectivity index (χ2n) is 8.61. The zero-order chi connectivity index (χ0) is 23.8. The fraction of sp³-hybridized carbons (Fsp3) is 0.375. The summed E-state index contributed by atoms with van der Waals surface area (Å²) in [6, 6.07) is 9.64. The maximum absolute atomic E-state index is 13.5. The van der Waals surface area contributed by atoms with Gasteiger partial charge in [0.25, 0.3) is 5.91 Å². The van der Waals surface area contributed by atoms with Crippen molar-refractivity contribution in [1.82, 2.24) is 15.5 Å². The van der Waals surface area contributed by atoms with Gasteiger partial charge < -0.3 is 20.3 Å². The van der Waals surface area contributed by atoms with Crippen LogP contribution in [0, 0.1) is 0 Å². The van der Waals surface area contributed by atoms with E-state index in [1.807, 2.05) is 6.07 Å². The maximum Gasteiger partial charge on any atom is 0.256 e. The van der Waals surface area contributed by atoms with Crippen LogP contribution in [0.3, 0.4) is 0 Å². The van der Waals surface area contributed by atoms with Crippen molar-refractivity contribution in [3.8, 4) is 16.9 Å². The van der Waals surface area contributed by atoms with Crippen LogP contribution in [-0.4, -0.2) is 66.0 Å². The molecular formula is C24H25ClN4O4S. The summed E-state index contributed by atoms with van der Waals surface area (Å²) < 4.78 is 5.47. The van der Waals surface area contributed by atoms with Crippen molar-refractivity contribution in [3.05, 3.63) is 47.0 Å². The number of nitrogens with zero attached hydrogens (tertiary/aromatic N) is 1. The number of amides is 3. The molecule has 10 heteroatoms. The third-order valence-corrected chi connectivity index (χ3v) is 7.70. The van der Waals surface area contributed by atoms with E-state index in [1.54, 1.807) is 54.1 Å². The first-order valence-electron chi connectivity index (χ1n) is 11.2. The molecule has 2 saturated heterocycles. The largest absolute Gasteiger partial charge is 0.496 e. The predicted molar refractivity (Wildman–Crippen MR) is 132 cm³/mol. The summed E-state index contributed by atoms with van der Waals surface area (Å²) >= 11 is 7.89. The number of halogens is 1. The highest BCUT2D eigenvalue weighted by Gasteiger charge is 2.40. The van der Waals surface area contributed by atoms with Crippen LogP contribution in [0.2, 0.25) is 5.02 Å². The van der Waals surface area contributed by atoms with Crippen molar-refractivity contribution >= 4 is 46.8 Å². The average molecular weight is 501 g/mol. The number of fused-ring (bicyclic) bond motifs is 2. The van der Waals surface area contributed by atoms with E-state index in [4.69, 9.17) is 16.3 Å². The number of hydrogen-bond donors (Lipinski definition) is 3. The monoisotopic (exact) mass is 500 g/mol. The van der Waals surface area contributed by atoms with Gasteiger partial charge in [-0.15, -0.1) is 11.8 Å². The number of piperidine rings is 1. The van der Waals surface area contributed by atoms with Crippen molar-refractivity contribution in [2.24, 2.45) is 0 Å². The number of carbonyl (C=O) groups excluding carboxylic acids is 3. The normalized spacial score (nSPS) is 24.1. The van der Waals surface area contributed by atoms with Crippen LogP contribution in [0.5, 0.6) is 5.75 Å². The number of hydrogen-bond acceptors (Lipinski definition) is 6. The van der Waals surface area contributed by atoms with Gasteiger partial charge in [0, 0.05) is 34.8 Å². The van der Waals surface area contributed by atoms with Gasteiger partial charge in [-0.05, 0) is 48.7 Å². The first-order chi connectivity index (χ1) is 16.4. The SMILES string of the molecule is COc1ccc(Cl)cc1-c1ccc2c(c1)C(=O)N1CCC(NC(=O)C3CSCN3)CC1C(=O)N2. The van der Waals surface area contributed by atoms with E-state index in [9.17, 15) is 14.4 Å². The number of anilines is 1. The Bertz CT molecular complexity index is 1150. The molecule has 0 radical (unpaired) electrons. The molecule has 2 aromatic carbocycles. The molecule has 3 aliphatic rings. The zero-order valence-corrected chi connectivity index (χ0v) is 20.2. The standard InChI is InChI=1S/C24H25ClN4O4S/c1-33-21-5-3-14(25)9-16(21)13-2-4-18-17(8-13)24(32)29-7-6-15(10-20(29)23(31)28-18)27-22(30)19-11-34-12-26-19/h2-5,8-9,15,19-20,26H,6-7,10-12H2,1H3,(H,27,30)(H,28,31). The van der Waals surface area contributed by atoms with E-state index in [2.05, 4.69) is 16.0 Å². The van der Waals surface area contributed by atoms with Gasteiger partial charge in [0.2, 0.25) is 11.8 Å². The lowest BCUT2D eigenvalue weighted by Gasteiger charge is -2.37. The molecule has 2 aromatic rings. The van der Waals surface area contributed by atoms with E-state index in [-0.39, 0.29) is 29.8 Å². The summed E-state index contributed by atoms with van der Waals surface area (Å²) in [5, 5.41) is 9.69. The third kappa shape index (κ3) is 4.35. The fourth-order valence-electron chi connectivity index (χ4n) is 4.73. The summed E-state index contributed by atoms with van der Waals surface area (Å²) in [4.78, 5) is 40.8. The Hall–Kier alpha value is -2.75. The van der Waals surface area contributed by atoms with Gasteiger partial charge in [0.15, 0.2) is 0 Å².